The van der Waals surface area contributed by atoms with Gasteiger partial charge in [0.25, 0.3) is 5.78 Å². The van der Waals surface area contributed by atoms with Crippen LogP contribution in [0.15, 0.2) is 36.4 Å². The molecule has 0 bridgehead atoms. The van der Waals surface area contributed by atoms with Crippen molar-refractivity contribution in [1.29, 1.82) is 0 Å². The molecule has 0 aromatic heterocycles. The van der Waals surface area contributed by atoms with Crippen LogP contribution in [0.4, 0.5) is 5.69 Å². The Kier molecular flexibility index (Phi) is 2.35. The van der Waals surface area contributed by atoms with E-state index < -0.39 is 17.4 Å². The molecule has 0 spiro atoms. The second-order valence-electron chi connectivity index (χ2n) is 4.58. The molecule has 18 heavy (non-hydrogen) atoms. The highest BCUT2D eigenvalue weighted by Crippen LogP contribution is 2.36. The van der Waals surface area contributed by atoms with Crippen molar-refractivity contribution in [2.75, 3.05) is 11.5 Å². The van der Waals surface area contributed by atoms with Crippen LogP contribution in [0.1, 0.15) is 23.7 Å². The summed E-state index contributed by atoms with van der Waals surface area (Å²) in [5, 5.41) is 0. The highest BCUT2D eigenvalue weighted by Gasteiger charge is 2.45. The lowest BCUT2D eigenvalue weighted by Crippen LogP contribution is -2.51. The van der Waals surface area contributed by atoms with Gasteiger partial charge in [-0.1, -0.05) is 18.2 Å². The standard InChI is InChI=1S/C14H13NO3/c1-14(8-4-5-9-18-14)15-11-7-3-2-6-10(11)12(16)13(15)17/h2-4,6-8H,5,9H2,1H3/t14-/m0/s1. The zero-order valence-electron chi connectivity index (χ0n) is 10.1. The quantitative estimate of drug-likeness (QED) is 0.559. The Morgan fingerprint density at radius 1 is 1.28 bits per heavy atom. The van der Waals surface area contributed by atoms with E-state index in [1.165, 1.54) is 4.90 Å². The van der Waals surface area contributed by atoms with Gasteiger partial charge < -0.3 is 4.74 Å². The van der Waals surface area contributed by atoms with E-state index in [1.54, 1.807) is 25.1 Å². The molecule has 0 saturated carbocycles. The van der Waals surface area contributed by atoms with Crippen LogP contribution < -0.4 is 4.90 Å². The lowest BCUT2D eigenvalue weighted by atomic mass is 10.1. The Morgan fingerprint density at radius 2 is 2.06 bits per heavy atom. The Balaban J connectivity index is 2.13. The third-order valence-corrected chi connectivity index (χ3v) is 3.34. The van der Waals surface area contributed by atoms with Crippen molar-refractivity contribution >= 4 is 17.4 Å². The first-order chi connectivity index (χ1) is 8.63. The molecular weight excluding hydrogens is 230 g/mol. The maximum atomic E-state index is 12.1. The van der Waals surface area contributed by atoms with Crippen molar-refractivity contribution < 1.29 is 14.3 Å². The molecule has 1 aromatic rings. The molecule has 0 radical (unpaired) electrons. The molecule has 92 valence electrons. The fourth-order valence-electron chi connectivity index (χ4n) is 2.45. The van der Waals surface area contributed by atoms with Crippen LogP contribution in [0.2, 0.25) is 0 Å². The number of rotatable bonds is 1. The third-order valence-electron chi connectivity index (χ3n) is 3.34. The number of para-hydroxylation sites is 1. The number of fused-ring (bicyclic) bond motifs is 1. The highest BCUT2D eigenvalue weighted by molar-refractivity contribution is 6.52. The lowest BCUT2D eigenvalue weighted by Gasteiger charge is -2.37. The summed E-state index contributed by atoms with van der Waals surface area (Å²) < 4.78 is 5.69. The number of hydrogen-bond acceptors (Lipinski definition) is 3. The molecule has 4 nitrogen and oxygen atoms in total. The molecule has 1 amide bonds. The normalized spacial score (nSPS) is 26.6. The van der Waals surface area contributed by atoms with Crippen LogP contribution in [0.5, 0.6) is 0 Å². The summed E-state index contributed by atoms with van der Waals surface area (Å²) in [4.78, 5) is 25.5. The average Bonchev–Trinajstić information content (AvgIpc) is 2.64. The summed E-state index contributed by atoms with van der Waals surface area (Å²) in [7, 11) is 0. The van der Waals surface area contributed by atoms with Gasteiger partial charge in [-0.15, -0.1) is 0 Å². The number of benzene rings is 1. The number of ether oxygens (including phenoxy) is 1. The topological polar surface area (TPSA) is 46.6 Å². The van der Waals surface area contributed by atoms with Crippen molar-refractivity contribution in [2.24, 2.45) is 0 Å². The molecule has 0 unspecified atom stereocenters. The molecule has 1 aromatic carbocycles. The summed E-state index contributed by atoms with van der Waals surface area (Å²) in [6, 6.07) is 7.02. The van der Waals surface area contributed by atoms with Crippen molar-refractivity contribution in [2.45, 2.75) is 19.1 Å². The van der Waals surface area contributed by atoms with Crippen molar-refractivity contribution in [1.82, 2.24) is 0 Å². The summed E-state index contributed by atoms with van der Waals surface area (Å²) in [5.41, 5.74) is 0.213. The number of nitrogens with zero attached hydrogens (tertiary/aromatic N) is 1. The van der Waals surface area contributed by atoms with Crippen molar-refractivity contribution in [3.05, 3.63) is 42.0 Å². The first kappa shape index (κ1) is 11.2. The number of carbonyl (C=O) groups is 2. The van der Waals surface area contributed by atoms with Crippen LogP contribution in [-0.4, -0.2) is 24.0 Å². The summed E-state index contributed by atoms with van der Waals surface area (Å²) in [6.07, 6.45) is 4.64. The molecule has 2 aliphatic heterocycles. The predicted octanol–water partition coefficient (Wildman–Crippen LogP) is 1.91. The van der Waals surface area contributed by atoms with Crippen LogP contribution >= 0.6 is 0 Å². The number of anilines is 1. The van der Waals surface area contributed by atoms with E-state index in [4.69, 9.17) is 4.74 Å². The fraction of sp³-hybridized carbons (Fsp3) is 0.286. The van der Waals surface area contributed by atoms with Gasteiger partial charge in [-0.05, 0) is 31.6 Å². The molecule has 4 heteroatoms. The Labute approximate surface area is 105 Å². The molecule has 0 aliphatic carbocycles. The van der Waals surface area contributed by atoms with Gasteiger partial charge in [0.05, 0.1) is 17.9 Å². The van der Waals surface area contributed by atoms with E-state index in [0.717, 1.165) is 6.42 Å². The van der Waals surface area contributed by atoms with E-state index in [-0.39, 0.29) is 0 Å². The van der Waals surface area contributed by atoms with E-state index >= 15 is 0 Å². The van der Waals surface area contributed by atoms with E-state index in [1.807, 2.05) is 18.2 Å². The first-order valence-electron chi connectivity index (χ1n) is 5.93. The van der Waals surface area contributed by atoms with Gasteiger partial charge >= 0.3 is 5.91 Å². The molecule has 2 heterocycles. The average molecular weight is 243 g/mol. The Bertz CT molecular complexity index is 564. The SMILES string of the molecule is C[C@@]1(N2C(=O)C(=O)c3ccccc32)C=CCCO1. The molecule has 0 N–H and O–H groups in total. The van der Waals surface area contributed by atoms with Gasteiger partial charge in [-0.2, -0.15) is 0 Å². The zero-order chi connectivity index (χ0) is 12.8. The maximum absolute atomic E-state index is 12.1. The van der Waals surface area contributed by atoms with Gasteiger partial charge in [-0.25, -0.2) is 0 Å². The molecule has 2 aliphatic rings. The molecule has 1 atom stereocenters. The molecule has 0 fully saturated rings. The van der Waals surface area contributed by atoms with E-state index in [2.05, 4.69) is 0 Å². The van der Waals surface area contributed by atoms with Crippen LogP contribution in [0, 0.1) is 0 Å². The number of ketones is 1. The lowest BCUT2D eigenvalue weighted by molar-refractivity contribution is -0.119. The Morgan fingerprint density at radius 3 is 2.78 bits per heavy atom. The fourth-order valence-corrected chi connectivity index (χ4v) is 2.45. The van der Waals surface area contributed by atoms with Gasteiger partial charge in [-0.3, -0.25) is 14.5 Å². The van der Waals surface area contributed by atoms with Crippen LogP contribution in [-0.2, 0) is 9.53 Å². The largest absolute Gasteiger partial charge is 0.351 e. The zero-order valence-corrected chi connectivity index (χ0v) is 10.1. The minimum absolute atomic E-state index is 0.450. The van der Waals surface area contributed by atoms with Gasteiger partial charge in [0, 0.05) is 0 Å². The molecule has 0 saturated heterocycles. The van der Waals surface area contributed by atoms with Crippen molar-refractivity contribution in [3.8, 4) is 0 Å². The maximum Gasteiger partial charge on any atom is 0.302 e. The Hall–Kier alpha value is -1.94. The number of carbonyl (C=O) groups excluding carboxylic acids is 2. The minimum Gasteiger partial charge on any atom is -0.351 e. The first-order valence-corrected chi connectivity index (χ1v) is 5.93. The minimum atomic E-state index is -0.863. The summed E-state index contributed by atoms with van der Waals surface area (Å²) in [5.74, 6) is -0.986. The second kappa shape index (κ2) is 3.78. The van der Waals surface area contributed by atoms with Gasteiger partial charge in [0.15, 0.2) is 5.72 Å². The number of amides is 1. The van der Waals surface area contributed by atoms with Crippen LogP contribution in [0.25, 0.3) is 0 Å². The number of hydrogen-bond donors (Lipinski definition) is 0. The van der Waals surface area contributed by atoms with Gasteiger partial charge in [0.1, 0.15) is 0 Å². The monoisotopic (exact) mass is 243 g/mol. The third kappa shape index (κ3) is 1.42. The second-order valence-corrected chi connectivity index (χ2v) is 4.58. The summed E-state index contributed by atoms with van der Waals surface area (Å²) >= 11 is 0. The van der Waals surface area contributed by atoms with Gasteiger partial charge in [0.2, 0.25) is 0 Å². The molecular formula is C14H13NO3. The number of Topliss-reactive ketones (excluding diaryl/α,β-unsaturated/α-hetero) is 1. The molecule has 3 rings (SSSR count). The highest BCUT2D eigenvalue weighted by atomic mass is 16.5. The smallest absolute Gasteiger partial charge is 0.302 e. The van der Waals surface area contributed by atoms with E-state index in [0.29, 0.717) is 17.9 Å². The van der Waals surface area contributed by atoms with E-state index in [9.17, 15) is 9.59 Å². The van der Waals surface area contributed by atoms with Crippen molar-refractivity contribution in [3.63, 3.8) is 0 Å². The summed E-state index contributed by atoms with van der Waals surface area (Å²) in [6.45, 7) is 2.35. The predicted molar refractivity (Wildman–Crippen MR) is 66.4 cm³/mol. The van der Waals surface area contributed by atoms with Crippen LogP contribution in [0.3, 0.4) is 0 Å².